The number of ether oxygens (including phenoxy) is 2. The molecule has 0 aliphatic carbocycles. The van der Waals surface area contributed by atoms with Crippen LogP contribution in [0.5, 0.6) is 11.5 Å². The monoisotopic (exact) mass is 545 g/mol. The highest BCUT2D eigenvalue weighted by molar-refractivity contribution is 7.09. The molecule has 1 atom stereocenters. The molecule has 0 bridgehead atoms. The SMILES string of the molecule is COc1ccc([C@H](C(=O)NCc2ccccc2)N(C(=O)c2snc(C(N)=O)c2N)c2ccccc2OC)cc1. The number of rotatable bonds is 10. The summed E-state index contributed by atoms with van der Waals surface area (Å²) in [7, 11) is 3.00. The number of nitrogens with one attached hydrogen (secondary N) is 1. The number of para-hydroxylation sites is 2. The van der Waals surface area contributed by atoms with Crippen molar-refractivity contribution in [2.24, 2.45) is 5.73 Å². The predicted molar refractivity (Wildman–Crippen MR) is 149 cm³/mol. The summed E-state index contributed by atoms with van der Waals surface area (Å²) in [5.74, 6) is -1.05. The number of hydrogen-bond donors (Lipinski definition) is 3. The van der Waals surface area contributed by atoms with Gasteiger partial charge >= 0.3 is 0 Å². The summed E-state index contributed by atoms with van der Waals surface area (Å²) in [6.07, 6.45) is 0. The van der Waals surface area contributed by atoms with Gasteiger partial charge in [-0.3, -0.25) is 19.3 Å². The standard InChI is InChI=1S/C28H27N5O5S/c1-37-19-14-12-18(13-15-19)24(27(35)31-16-17-8-4-3-5-9-17)33(20-10-6-7-11-21(20)38-2)28(36)25-22(29)23(26(30)34)32-39-25/h3-15,24H,16,29H2,1-2H3,(H2,30,34)(H,31,35)/t24-/m1/s1. The van der Waals surface area contributed by atoms with Crippen LogP contribution in [0.2, 0.25) is 0 Å². The van der Waals surface area contributed by atoms with Crippen LogP contribution in [0.3, 0.4) is 0 Å². The molecule has 3 aromatic carbocycles. The van der Waals surface area contributed by atoms with Gasteiger partial charge in [0.25, 0.3) is 11.8 Å². The summed E-state index contributed by atoms with van der Waals surface area (Å²) >= 11 is 0.730. The van der Waals surface area contributed by atoms with Gasteiger partial charge in [-0.1, -0.05) is 54.6 Å². The molecule has 4 aromatic rings. The number of anilines is 2. The number of nitrogens with two attached hydrogens (primary N) is 2. The molecule has 11 heteroatoms. The minimum absolute atomic E-state index is 0.0379. The molecule has 0 saturated carbocycles. The van der Waals surface area contributed by atoms with Gasteiger partial charge in [-0.15, -0.1) is 0 Å². The van der Waals surface area contributed by atoms with E-state index >= 15 is 0 Å². The number of methoxy groups -OCH3 is 2. The van der Waals surface area contributed by atoms with Crippen LogP contribution in [-0.4, -0.2) is 36.3 Å². The quantitative estimate of drug-likeness (QED) is 0.276. The van der Waals surface area contributed by atoms with Gasteiger partial charge in [0.2, 0.25) is 5.91 Å². The van der Waals surface area contributed by atoms with Crippen molar-refractivity contribution in [1.82, 2.24) is 9.69 Å². The number of carbonyl (C=O) groups is 3. The first-order valence-corrected chi connectivity index (χ1v) is 12.6. The molecule has 39 heavy (non-hydrogen) atoms. The lowest BCUT2D eigenvalue weighted by molar-refractivity contribution is -0.122. The largest absolute Gasteiger partial charge is 0.497 e. The number of hydrogen-bond acceptors (Lipinski definition) is 8. The Hall–Kier alpha value is -4.90. The Morgan fingerprint density at radius 2 is 1.62 bits per heavy atom. The van der Waals surface area contributed by atoms with Crippen molar-refractivity contribution in [1.29, 1.82) is 0 Å². The summed E-state index contributed by atoms with van der Waals surface area (Å²) in [5, 5.41) is 2.94. The summed E-state index contributed by atoms with van der Waals surface area (Å²) in [6, 6.07) is 21.8. The third-order valence-corrected chi connectivity index (χ3v) is 6.82. The lowest BCUT2D eigenvalue weighted by atomic mass is 10.0. The van der Waals surface area contributed by atoms with E-state index in [1.165, 1.54) is 19.1 Å². The molecule has 0 aliphatic heterocycles. The van der Waals surface area contributed by atoms with E-state index in [4.69, 9.17) is 20.9 Å². The number of aromatic nitrogens is 1. The van der Waals surface area contributed by atoms with Crippen LogP contribution in [0, 0.1) is 0 Å². The van der Waals surface area contributed by atoms with Crippen LogP contribution in [-0.2, 0) is 11.3 Å². The van der Waals surface area contributed by atoms with Crippen LogP contribution in [0.25, 0.3) is 0 Å². The van der Waals surface area contributed by atoms with Crippen molar-refractivity contribution >= 4 is 40.6 Å². The van der Waals surface area contributed by atoms with Crippen molar-refractivity contribution < 1.29 is 23.9 Å². The summed E-state index contributed by atoms with van der Waals surface area (Å²) in [5.41, 5.74) is 12.8. The summed E-state index contributed by atoms with van der Waals surface area (Å²) < 4.78 is 14.8. The molecule has 0 saturated heterocycles. The first-order valence-electron chi connectivity index (χ1n) is 11.8. The molecule has 1 aromatic heterocycles. The van der Waals surface area contributed by atoms with Crippen LogP contribution < -0.4 is 31.2 Å². The Labute approximate surface area is 229 Å². The first-order chi connectivity index (χ1) is 18.8. The molecule has 4 rings (SSSR count). The topological polar surface area (TPSA) is 150 Å². The molecule has 0 aliphatic rings. The van der Waals surface area contributed by atoms with Gasteiger partial charge in [-0.25, -0.2) is 0 Å². The molecule has 1 heterocycles. The molecule has 0 spiro atoms. The maximum atomic E-state index is 14.2. The van der Waals surface area contributed by atoms with Crippen LogP contribution in [0.1, 0.15) is 37.3 Å². The van der Waals surface area contributed by atoms with Gasteiger partial charge in [0.05, 0.1) is 25.6 Å². The second kappa shape index (κ2) is 12.1. The van der Waals surface area contributed by atoms with E-state index in [2.05, 4.69) is 9.69 Å². The van der Waals surface area contributed by atoms with Crippen molar-refractivity contribution in [3.8, 4) is 11.5 Å². The third kappa shape index (κ3) is 5.83. The summed E-state index contributed by atoms with van der Waals surface area (Å²) in [4.78, 5) is 41.2. The van der Waals surface area contributed by atoms with E-state index < -0.39 is 23.8 Å². The fraction of sp³-hybridized carbons (Fsp3) is 0.143. The van der Waals surface area contributed by atoms with Crippen LogP contribution in [0.15, 0.2) is 78.9 Å². The third-order valence-electron chi connectivity index (χ3n) is 5.97. The van der Waals surface area contributed by atoms with E-state index in [0.717, 1.165) is 17.1 Å². The number of benzene rings is 3. The molecular formula is C28H27N5O5S. The first kappa shape index (κ1) is 27.1. The smallest absolute Gasteiger partial charge is 0.273 e. The minimum atomic E-state index is -1.16. The van der Waals surface area contributed by atoms with Crippen molar-refractivity contribution in [2.75, 3.05) is 24.9 Å². The van der Waals surface area contributed by atoms with E-state index in [1.54, 1.807) is 48.5 Å². The van der Waals surface area contributed by atoms with Gasteiger partial charge in [-0.2, -0.15) is 4.37 Å². The van der Waals surface area contributed by atoms with Gasteiger partial charge in [0, 0.05) is 6.54 Å². The number of nitrogen functional groups attached to an aromatic ring is 1. The van der Waals surface area contributed by atoms with E-state index in [-0.39, 0.29) is 22.8 Å². The lowest BCUT2D eigenvalue weighted by Gasteiger charge is -2.32. The van der Waals surface area contributed by atoms with Gasteiger partial charge in [0.1, 0.15) is 22.4 Å². The molecule has 5 N–H and O–H groups in total. The average molecular weight is 546 g/mol. The van der Waals surface area contributed by atoms with Crippen molar-refractivity contribution in [2.45, 2.75) is 12.6 Å². The minimum Gasteiger partial charge on any atom is -0.497 e. The second-order valence-electron chi connectivity index (χ2n) is 8.36. The Balaban J connectivity index is 1.86. The van der Waals surface area contributed by atoms with Gasteiger partial charge in [0.15, 0.2) is 5.69 Å². The van der Waals surface area contributed by atoms with Crippen molar-refractivity contribution in [3.05, 3.63) is 101 Å². The van der Waals surface area contributed by atoms with Gasteiger partial charge in [-0.05, 0) is 46.9 Å². The Morgan fingerprint density at radius 1 is 0.949 bits per heavy atom. The van der Waals surface area contributed by atoms with Crippen molar-refractivity contribution in [3.63, 3.8) is 0 Å². The number of amides is 3. The Kier molecular flexibility index (Phi) is 8.42. The molecule has 10 nitrogen and oxygen atoms in total. The zero-order valence-corrected chi connectivity index (χ0v) is 22.1. The fourth-order valence-corrected chi connectivity index (χ4v) is 4.76. The zero-order chi connectivity index (χ0) is 27.9. The number of carbonyl (C=O) groups excluding carboxylic acids is 3. The fourth-order valence-electron chi connectivity index (χ4n) is 4.02. The zero-order valence-electron chi connectivity index (χ0n) is 21.3. The van der Waals surface area contributed by atoms with E-state index in [0.29, 0.717) is 22.7 Å². The maximum absolute atomic E-state index is 14.2. The van der Waals surface area contributed by atoms with E-state index in [1.807, 2.05) is 30.3 Å². The molecule has 0 unspecified atom stereocenters. The normalized spacial score (nSPS) is 11.3. The highest BCUT2D eigenvalue weighted by atomic mass is 32.1. The predicted octanol–water partition coefficient (Wildman–Crippen LogP) is 3.55. The van der Waals surface area contributed by atoms with E-state index in [9.17, 15) is 14.4 Å². The average Bonchev–Trinajstić information content (AvgIpc) is 3.36. The summed E-state index contributed by atoms with van der Waals surface area (Å²) in [6.45, 7) is 0.231. The molecule has 200 valence electrons. The highest BCUT2D eigenvalue weighted by Crippen LogP contribution is 2.38. The van der Waals surface area contributed by atoms with Gasteiger partial charge < -0.3 is 26.3 Å². The second-order valence-corrected chi connectivity index (χ2v) is 9.14. The maximum Gasteiger partial charge on any atom is 0.273 e. The Morgan fingerprint density at radius 3 is 2.23 bits per heavy atom. The van der Waals surface area contributed by atoms with Crippen LogP contribution in [0.4, 0.5) is 11.4 Å². The molecular weight excluding hydrogens is 518 g/mol. The molecule has 0 radical (unpaired) electrons. The number of primary amides is 1. The lowest BCUT2D eigenvalue weighted by Crippen LogP contribution is -2.44. The Bertz CT molecular complexity index is 1470. The molecule has 3 amide bonds. The highest BCUT2D eigenvalue weighted by Gasteiger charge is 2.37. The van der Waals surface area contributed by atoms with Crippen LogP contribution >= 0.6 is 11.5 Å². The number of nitrogens with zero attached hydrogens (tertiary/aromatic N) is 2. The molecule has 0 fully saturated rings.